The summed E-state index contributed by atoms with van der Waals surface area (Å²) in [6.45, 7) is 2.50. The van der Waals surface area contributed by atoms with Crippen molar-refractivity contribution in [2.75, 3.05) is 26.2 Å². The van der Waals surface area contributed by atoms with Crippen LogP contribution < -0.4 is 10.1 Å². The molecule has 2 aromatic heterocycles. The first-order valence-corrected chi connectivity index (χ1v) is 13.1. The van der Waals surface area contributed by atoms with Crippen molar-refractivity contribution in [1.29, 1.82) is 0 Å². The highest BCUT2D eigenvalue weighted by atomic mass is 32.1. The van der Waals surface area contributed by atoms with Gasteiger partial charge in [-0.15, -0.1) is 21.5 Å². The van der Waals surface area contributed by atoms with Crippen LogP contribution in [0.1, 0.15) is 53.4 Å². The Balaban J connectivity index is 1.19. The lowest BCUT2D eigenvalue weighted by atomic mass is 9.81. The molecular formula is C24H31F4N5O2S. The van der Waals surface area contributed by atoms with Crippen molar-refractivity contribution in [2.24, 2.45) is 0 Å². The second-order valence-electron chi connectivity index (χ2n) is 9.64. The molecule has 0 bridgehead atoms. The first kappa shape index (κ1) is 26.7. The number of halogens is 4. The first-order valence-electron chi connectivity index (χ1n) is 12.2. The van der Waals surface area contributed by atoms with Gasteiger partial charge < -0.3 is 15.0 Å². The van der Waals surface area contributed by atoms with Crippen LogP contribution in [-0.4, -0.2) is 70.1 Å². The topological polar surface area (TPSA) is 80.2 Å². The van der Waals surface area contributed by atoms with Gasteiger partial charge in [0.2, 0.25) is 11.8 Å². The van der Waals surface area contributed by atoms with Gasteiger partial charge >= 0.3 is 6.18 Å². The number of hydrogen-bond donors (Lipinski definition) is 1. The highest BCUT2D eigenvalue weighted by Crippen LogP contribution is 2.35. The van der Waals surface area contributed by atoms with Crippen LogP contribution in [0.3, 0.4) is 0 Å². The van der Waals surface area contributed by atoms with Crippen LogP contribution in [-0.2, 0) is 24.1 Å². The summed E-state index contributed by atoms with van der Waals surface area (Å²) in [5.41, 5.74) is 0.479. The molecule has 12 heteroatoms. The fourth-order valence-corrected chi connectivity index (χ4v) is 5.49. The molecule has 3 heterocycles. The predicted molar refractivity (Wildman–Crippen MR) is 127 cm³/mol. The third-order valence-electron chi connectivity index (χ3n) is 6.79. The number of carbonyl (C=O) groups excluding carboxylic acids is 1. The average molecular weight is 530 g/mol. The highest BCUT2D eigenvalue weighted by molar-refractivity contribution is 7.11. The van der Waals surface area contributed by atoms with Crippen molar-refractivity contribution in [1.82, 2.24) is 25.4 Å². The summed E-state index contributed by atoms with van der Waals surface area (Å²) in [5, 5.41) is 12.4. The van der Waals surface area contributed by atoms with E-state index < -0.39 is 18.5 Å². The molecule has 198 valence electrons. The summed E-state index contributed by atoms with van der Waals surface area (Å²) in [4.78, 5) is 18.7. The number of hydrogen-bond acceptors (Lipinski definition) is 7. The lowest BCUT2D eigenvalue weighted by Gasteiger charge is -2.35. The summed E-state index contributed by atoms with van der Waals surface area (Å²) >= 11 is 1.40. The Labute approximate surface area is 211 Å². The van der Waals surface area contributed by atoms with Crippen LogP contribution in [0.25, 0.3) is 0 Å². The molecule has 1 saturated carbocycles. The maximum absolute atomic E-state index is 15.5. The lowest BCUT2D eigenvalue weighted by Crippen LogP contribution is -2.43. The van der Waals surface area contributed by atoms with Crippen LogP contribution >= 0.6 is 11.3 Å². The zero-order chi connectivity index (χ0) is 25.8. The number of pyridine rings is 1. The molecule has 36 heavy (non-hydrogen) atoms. The van der Waals surface area contributed by atoms with Gasteiger partial charge in [0.1, 0.15) is 15.7 Å². The lowest BCUT2D eigenvalue weighted by molar-refractivity contribution is -0.154. The Kier molecular flexibility index (Phi) is 8.44. The van der Waals surface area contributed by atoms with Gasteiger partial charge in [0.25, 0.3) is 0 Å². The largest absolute Gasteiger partial charge is 0.468 e. The molecule has 0 unspecified atom stereocenters. The SMILES string of the molecule is Cc1nnc(CC(=O)N[C@H]2CC[C@](F)(CCN3CCc4ccc(OCC(F)(F)F)nc4CC3)CC2)s1. The molecule has 1 fully saturated rings. The highest BCUT2D eigenvalue weighted by Gasteiger charge is 2.36. The van der Waals surface area contributed by atoms with Gasteiger partial charge in [-0.3, -0.25) is 4.79 Å². The van der Waals surface area contributed by atoms with Gasteiger partial charge in [0.15, 0.2) is 6.61 Å². The van der Waals surface area contributed by atoms with E-state index in [0.29, 0.717) is 63.0 Å². The van der Waals surface area contributed by atoms with Gasteiger partial charge in [-0.25, -0.2) is 9.37 Å². The van der Waals surface area contributed by atoms with Gasteiger partial charge in [0, 0.05) is 43.9 Å². The molecule has 7 nitrogen and oxygen atoms in total. The minimum Gasteiger partial charge on any atom is -0.468 e. The molecule has 0 saturated heterocycles. The number of carbonyl (C=O) groups is 1. The summed E-state index contributed by atoms with van der Waals surface area (Å²) in [6.07, 6.45) is -0.468. The number of nitrogens with zero attached hydrogens (tertiary/aromatic N) is 4. The van der Waals surface area contributed by atoms with E-state index in [2.05, 4.69) is 25.4 Å². The van der Waals surface area contributed by atoms with E-state index >= 15 is 4.39 Å². The summed E-state index contributed by atoms with van der Waals surface area (Å²) in [5.74, 6) is -0.128. The quantitative estimate of drug-likeness (QED) is 0.521. The van der Waals surface area contributed by atoms with Crippen LogP contribution in [0.5, 0.6) is 5.88 Å². The molecule has 2 aromatic rings. The van der Waals surface area contributed by atoms with Gasteiger partial charge in [-0.05, 0) is 51.0 Å². The summed E-state index contributed by atoms with van der Waals surface area (Å²) in [7, 11) is 0. The normalized spacial score (nSPS) is 23.1. The number of alkyl halides is 4. The first-order chi connectivity index (χ1) is 17.1. The minimum absolute atomic E-state index is 0.0236. The van der Waals surface area contributed by atoms with Crippen LogP contribution in [0.2, 0.25) is 0 Å². The van der Waals surface area contributed by atoms with E-state index in [-0.39, 0.29) is 24.2 Å². The summed E-state index contributed by atoms with van der Waals surface area (Å²) in [6, 6.07) is 3.22. The summed E-state index contributed by atoms with van der Waals surface area (Å²) < 4.78 is 57.5. The van der Waals surface area contributed by atoms with Crippen molar-refractivity contribution < 1.29 is 27.1 Å². The Morgan fingerprint density at radius 2 is 1.97 bits per heavy atom. The number of aromatic nitrogens is 3. The smallest absolute Gasteiger partial charge is 0.422 e. The average Bonchev–Trinajstić information content (AvgIpc) is 3.11. The number of fused-ring (bicyclic) bond motifs is 1. The molecule has 0 atom stereocenters. The molecule has 1 N–H and O–H groups in total. The number of rotatable bonds is 8. The van der Waals surface area contributed by atoms with Crippen molar-refractivity contribution >= 4 is 17.2 Å². The molecule has 0 radical (unpaired) electrons. The van der Waals surface area contributed by atoms with Gasteiger partial charge in [0.05, 0.1) is 6.42 Å². The Morgan fingerprint density at radius 3 is 2.67 bits per heavy atom. The third kappa shape index (κ3) is 7.83. The molecule has 1 amide bonds. The molecule has 1 aliphatic heterocycles. The molecule has 4 rings (SSSR count). The standard InChI is InChI=1S/C24H31F4N5O2S/c1-16-31-32-22(36-16)14-20(34)29-18-4-8-23(25,9-5-18)10-13-33-11-6-17-2-3-21(30-19(17)7-12-33)35-15-24(26,27)28/h2-3,18H,4-15H2,1H3,(H,29,34)/t18-,23+. The number of amides is 1. The van der Waals surface area contributed by atoms with Gasteiger partial charge in [-0.2, -0.15) is 13.2 Å². The third-order valence-corrected chi connectivity index (χ3v) is 7.63. The van der Waals surface area contributed by atoms with Crippen LogP contribution in [0.4, 0.5) is 17.6 Å². The number of nitrogens with one attached hydrogen (secondary N) is 1. The molecule has 2 aliphatic rings. The maximum atomic E-state index is 15.5. The number of ether oxygens (including phenoxy) is 1. The van der Waals surface area contributed by atoms with Crippen molar-refractivity contribution in [3.05, 3.63) is 33.4 Å². The number of aryl methyl sites for hydroxylation is 1. The molecular weight excluding hydrogens is 498 g/mol. The van der Waals surface area contributed by atoms with E-state index in [1.54, 1.807) is 6.07 Å². The monoisotopic (exact) mass is 529 g/mol. The van der Waals surface area contributed by atoms with E-state index in [1.165, 1.54) is 17.4 Å². The van der Waals surface area contributed by atoms with E-state index in [0.717, 1.165) is 22.8 Å². The van der Waals surface area contributed by atoms with Gasteiger partial charge in [-0.1, -0.05) is 6.07 Å². The zero-order valence-electron chi connectivity index (χ0n) is 20.2. The maximum Gasteiger partial charge on any atom is 0.422 e. The van der Waals surface area contributed by atoms with Crippen molar-refractivity contribution in [2.45, 2.75) is 76.2 Å². The second-order valence-corrected chi connectivity index (χ2v) is 10.9. The van der Waals surface area contributed by atoms with E-state index in [4.69, 9.17) is 4.74 Å². The van der Waals surface area contributed by atoms with E-state index in [1.807, 2.05) is 6.92 Å². The fraction of sp³-hybridized carbons (Fsp3) is 0.667. The van der Waals surface area contributed by atoms with Crippen LogP contribution in [0.15, 0.2) is 12.1 Å². The Hall–Kier alpha value is -2.34. The zero-order valence-corrected chi connectivity index (χ0v) is 21.1. The van der Waals surface area contributed by atoms with Crippen LogP contribution in [0, 0.1) is 6.92 Å². The molecule has 1 aliphatic carbocycles. The van der Waals surface area contributed by atoms with Crippen molar-refractivity contribution in [3.63, 3.8) is 0 Å². The Morgan fingerprint density at radius 1 is 1.22 bits per heavy atom. The molecule has 0 aromatic carbocycles. The minimum atomic E-state index is -4.41. The molecule has 0 spiro atoms. The Bertz CT molecular complexity index is 1040. The van der Waals surface area contributed by atoms with E-state index in [9.17, 15) is 18.0 Å². The second kappa shape index (κ2) is 11.4. The van der Waals surface area contributed by atoms with Crippen molar-refractivity contribution in [3.8, 4) is 5.88 Å². The predicted octanol–water partition coefficient (Wildman–Crippen LogP) is 3.98. The fourth-order valence-electron chi connectivity index (χ4n) is 4.78.